The lowest BCUT2D eigenvalue weighted by Crippen LogP contribution is -2.59. The minimum atomic E-state index is -0.172. The van der Waals surface area contributed by atoms with Crippen molar-refractivity contribution in [3.05, 3.63) is 34.1 Å². The average Bonchev–Trinajstić information content (AvgIpc) is 2.36. The van der Waals surface area contributed by atoms with E-state index in [9.17, 15) is 4.39 Å². The largest absolute Gasteiger partial charge is 0.311 e. The zero-order valence-electron chi connectivity index (χ0n) is 13.4. The van der Waals surface area contributed by atoms with Crippen LogP contribution in [0.1, 0.15) is 39.7 Å². The summed E-state index contributed by atoms with van der Waals surface area (Å²) in [6, 6.07) is 6.17. The number of hydrogen-bond acceptors (Lipinski definition) is 2. The maximum atomic E-state index is 13.6. The summed E-state index contributed by atoms with van der Waals surface area (Å²) in [5, 5.41) is 3.64. The molecule has 0 radical (unpaired) electrons. The molecule has 1 heterocycles. The third kappa shape index (κ3) is 4.51. The van der Waals surface area contributed by atoms with Crippen LogP contribution in [0.3, 0.4) is 0 Å². The van der Waals surface area contributed by atoms with Crippen LogP contribution in [0.5, 0.6) is 0 Å². The summed E-state index contributed by atoms with van der Waals surface area (Å²) in [4.78, 5) is 2.51. The van der Waals surface area contributed by atoms with Crippen LogP contribution in [0, 0.1) is 11.2 Å². The molecule has 1 aliphatic heterocycles. The quantitative estimate of drug-likeness (QED) is 0.873. The molecule has 0 saturated carbocycles. The van der Waals surface area contributed by atoms with E-state index in [4.69, 9.17) is 0 Å². The predicted octanol–water partition coefficient (Wildman–Crippen LogP) is 4.19. The Morgan fingerprint density at radius 1 is 1.33 bits per heavy atom. The predicted molar refractivity (Wildman–Crippen MR) is 89.8 cm³/mol. The molecule has 21 heavy (non-hydrogen) atoms. The van der Waals surface area contributed by atoms with Gasteiger partial charge in [0.15, 0.2) is 0 Å². The van der Waals surface area contributed by atoms with E-state index in [-0.39, 0.29) is 11.2 Å². The molecular weight excluding hydrogens is 331 g/mol. The van der Waals surface area contributed by atoms with Gasteiger partial charge in [0.25, 0.3) is 0 Å². The molecule has 0 spiro atoms. The highest BCUT2D eigenvalue weighted by Gasteiger charge is 2.34. The van der Waals surface area contributed by atoms with Gasteiger partial charge in [-0.3, -0.25) is 4.90 Å². The second-order valence-corrected chi connectivity index (χ2v) is 8.02. The maximum absolute atomic E-state index is 13.6. The Labute approximate surface area is 136 Å². The monoisotopic (exact) mass is 356 g/mol. The summed E-state index contributed by atoms with van der Waals surface area (Å²) in [6.45, 7) is 11.9. The van der Waals surface area contributed by atoms with Crippen LogP contribution in [0.2, 0.25) is 0 Å². The van der Waals surface area contributed by atoms with Crippen molar-refractivity contribution in [2.24, 2.45) is 5.41 Å². The Morgan fingerprint density at radius 2 is 2.05 bits per heavy atom. The molecule has 2 nitrogen and oxygen atoms in total. The van der Waals surface area contributed by atoms with E-state index in [0.29, 0.717) is 12.1 Å². The smallest absolute Gasteiger partial charge is 0.124 e. The van der Waals surface area contributed by atoms with Gasteiger partial charge in [0.2, 0.25) is 0 Å². The minimum Gasteiger partial charge on any atom is -0.311 e. The zero-order chi connectivity index (χ0) is 15.6. The third-order valence-electron chi connectivity index (χ3n) is 4.30. The number of rotatable bonds is 3. The van der Waals surface area contributed by atoms with Crippen LogP contribution < -0.4 is 5.32 Å². The lowest BCUT2D eigenvalue weighted by molar-refractivity contribution is 0.0484. The number of nitrogens with zero attached hydrogens (tertiary/aromatic N) is 1. The van der Waals surface area contributed by atoms with E-state index in [1.165, 1.54) is 6.07 Å². The standard InChI is InChI=1S/C17H26BrFN2/c1-5-15-11-21(16(9-20-15)17(2,3)4)10-12-6-13(18)8-14(19)7-12/h6-8,15-16,20H,5,9-11H2,1-4H3. The van der Waals surface area contributed by atoms with Crippen molar-refractivity contribution < 1.29 is 4.39 Å². The Hall–Kier alpha value is -0.450. The maximum Gasteiger partial charge on any atom is 0.124 e. The second kappa shape index (κ2) is 6.76. The Kier molecular flexibility index (Phi) is 5.44. The second-order valence-electron chi connectivity index (χ2n) is 7.10. The van der Waals surface area contributed by atoms with E-state index in [1.54, 1.807) is 6.07 Å². The van der Waals surface area contributed by atoms with Gasteiger partial charge in [0, 0.05) is 36.2 Å². The fraction of sp³-hybridized carbons (Fsp3) is 0.647. The average molecular weight is 357 g/mol. The Bertz CT molecular complexity index is 464. The van der Waals surface area contributed by atoms with Gasteiger partial charge in [-0.25, -0.2) is 4.39 Å². The molecule has 1 aliphatic rings. The van der Waals surface area contributed by atoms with Gasteiger partial charge in [-0.1, -0.05) is 43.6 Å². The number of nitrogens with one attached hydrogen (secondary N) is 1. The molecule has 0 bridgehead atoms. The van der Waals surface area contributed by atoms with Gasteiger partial charge in [-0.15, -0.1) is 0 Å². The highest BCUT2D eigenvalue weighted by atomic mass is 79.9. The van der Waals surface area contributed by atoms with Crippen molar-refractivity contribution >= 4 is 15.9 Å². The topological polar surface area (TPSA) is 15.3 Å². The van der Waals surface area contributed by atoms with Gasteiger partial charge >= 0.3 is 0 Å². The van der Waals surface area contributed by atoms with Crippen LogP contribution in [-0.4, -0.2) is 30.1 Å². The lowest BCUT2D eigenvalue weighted by atomic mass is 9.83. The highest BCUT2D eigenvalue weighted by Crippen LogP contribution is 2.28. The zero-order valence-corrected chi connectivity index (χ0v) is 15.0. The molecule has 2 rings (SSSR count). The van der Waals surface area contributed by atoms with E-state index in [1.807, 2.05) is 6.07 Å². The number of halogens is 2. The first-order valence-electron chi connectivity index (χ1n) is 7.72. The molecule has 0 aromatic heterocycles. The summed E-state index contributed by atoms with van der Waals surface area (Å²) < 4.78 is 14.4. The van der Waals surface area contributed by atoms with Crippen LogP contribution in [0.25, 0.3) is 0 Å². The molecule has 1 N–H and O–H groups in total. The van der Waals surface area contributed by atoms with Crippen molar-refractivity contribution in [2.45, 2.75) is 52.7 Å². The van der Waals surface area contributed by atoms with Crippen molar-refractivity contribution in [2.75, 3.05) is 13.1 Å². The van der Waals surface area contributed by atoms with E-state index < -0.39 is 0 Å². The number of benzene rings is 1. The van der Waals surface area contributed by atoms with Crippen LogP contribution in [-0.2, 0) is 6.54 Å². The third-order valence-corrected chi connectivity index (χ3v) is 4.75. The van der Waals surface area contributed by atoms with E-state index in [2.05, 4.69) is 53.8 Å². The van der Waals surface area contributed by atoms with Crippen LogP contribution in [0.15, 0.2) is 22.7 Å². The van der Waals surface area contributed by atoms with Crippen LogP contribution in [0.4, 0.5) is 4.39 Å². The number of piperazine rings is 1. The fourth-order valence-corrected chi connectivity index (χ4v) is 3.63. The van der Waals surface area contributed by atoms with E-state index in [0.717, 1.165) is 36.1 Å². The van der Waals surface area contributed by atoms with Gasteiger partial charge < -0.3 is 5.32 Å². The molecular formula is C17H26BrFN2. The molecule has 1 aromatic rings. The number of hydrogen-bond donors (Lipinski definition) is 1. The molecule has 1 saturated heterocycles. The minimum absolute atomic E-state index is 0.172. The summed E-state index contributed by atoms with van der Waals surface area (Å²) >= 11 is 3.39. The Morgan fingerprint density at radius 3 is 2.62 bits per heavy atom. The normalized spacial score (nSPS) is 24.3. The van der Waals surface area contributed by atoms with Gasteiger partial charge in [-0.05, 0) is 35.6 Å². The lowest BCUT2D eigenvalue weighted by Gasteiger charge is -2.46. The molecule has 1 aromatic carbocycles. The van der Waals surface area contributed by atoms with Crippen molar-refractivity contribution in [1.29, 1.82) is 0 Å². The molecule has 118 valence electrons. The van der Waals surface area contributed by atoms with Crippen LogP contribution >= 0.6 is 15.9 Å². The van der Waals surface area contributed by atoms with Gasteiger partial charge in [0.05, 0.1) is 0 Å². The molecule has 0 amide bonds. The first-order valence-corrected chi connectivity index (χ1v) is 8.51. The molecule has 1 fully saturated rings. The SMILES string of the molecule is CCC1CN(Cc2cc(F)cc(Br)c2)C(C(C)(C)C)CN1. The van der Waals surface area contributed by atoms with Gasteiger partial charge in [0.1, 0.15) is 5.82 Å². The first-order chi connectivity index (χ1) is 9.79. The van der Waals surface area contributed by atoms with E-state index >= 15 is 0 Å². The molecule has 2 unspecified atom stereocenters. The van der Waals surface area contributed by atoms with Crippen molar-refractivity contribution in [3.63, 3.8) is 0 Å². The summed E-state index contributed by atoms with van der Waals surface area (Å²) in [5.74, 6) is -0.172. The summed E-state index contributed by atoms with van der Waals surface area (Å²) in [6.07, 6.45) is 1.13. The molecule has 4 heteroatoms. The summed E-state index contributed by atoms with van der Waals surface area (Å²) in [5.41, 5.74) is 1.24. The molecule has 0 aliphatic carbocycles. The van der Waals surface area contributed by atoms with Crippen molar-refractivity contribution in [3.8, 4) is 0 Å². The Balaban J connectivity index is 2.19. The highest BCUT2D eigenvalue weighted by molar-refractivity contribution is 9.10. The first kappa shape index (κ1) is 16.9. The molecule has 2 atom stereocenters. The fourth-order valence-electron chi connectivity index (χ4n) is 3.12. The van der Waals surface area contributed by atoms with Gasteiger partial charge in [-0.2, -0.15) is 0 Å². The summed E-state index contributed by atoms with van der Waals surface area (Å²) in [7, 11) is 0. The van der Waals surface area contributed by atoms with Crippen molar-refractivity contribution in [1.82, 2.24) is 10.2 Å².